The molecule has 1 saturated heterocycles. The molecule has 0 bridgehead atoms. The number of hydrogen-bond donors (Lipinski definition) is 3. The average molecular weight is 581 g/mol. The summed E-state index contributed by atoms with van der Waals surface area (Å²) in [4.78, 5) is 44.8. The molecule has 1 aliphatic carbocycles. The fourth-order valence-electron chi connectivity index (χ4n) is 5.70. The first kappa shape index (κ1) is 26.8. The number of aromatic nitrogens is 4. The minimum atomic E-state index is -0.358. The summed E-state index contributed by atoms with van der Waals surface area (Å²) in [5.74, 6) is 1.17. The Morgan fingerprint density at radius 2 is 1.82 bits per heavy atom. The number of anilines is 1. The van der Waals surface area contributed by atoms with Crippen LogP contribution in [0.4, 0.5) is 5.82 Å². The zero-order valence-corrected chi connectivity index (χ0v) is 23.6. The minimum absolute atomic E-state index is 0.0264. The predicted molar refractivity (Wildman–Crippen MR) is 157 cm³/mol. The van der Waals surface area contributed by atoms with Crippen molar-refractivity contribution in [3.05, 3.63) is 58.1 Å². The molecule has 1 atom stereocenters. The maximum absolute atomic E-state index is 13.1. The van der Waals surface area contributed by atoms with E-state index in [1.165, 1.54) is 6.33 Å². The number of nitrogens with zero attached hydrogens (tertiary/aromatic N) is 4. The lowest BCUT2D eigenvalue weighted by atomic mass is 10.1. The normalized spacial score (nSPS) is 16.6. The molecular formula is C29H31Cl2N7O2. The van der Waals surface area contributed by atoms with Crippen molar-refractivity contribution in [3.63, 3.8) is 0 Å². The summed E-state index contributed by atoms with van der Waals surface area (Å²) in [5, 5.41) is 8.30. The number of H-pyrrole nitrogens is 1. The van der Waals surface area contributed by atoms with Gasteiger partial charge in [-0.2, -0.15) is 0 Å². The number of rotatable bonds is 8. The van der Waals surface area contributed by atoms with Gasteiger partial charge in [0.15, 0.2) is 0 Å². The van der Waals surface area contributed by atoms with E-state index in [0.29, 0.717) is 51.0 Å². The lowest BCUT2D eigenvalue weighted by molar-refractivity contribution is -0.121. The third-order valence-electron chi connectivity index (χ3n) is 7.83. The summed E-state index contributed by atoms with van der Waals surface area (Å²) in [6, 6.07) is 8.87. The molecule has 208 valence electrons. The second-order valence-corrected chi connectivity index (χ2v) is 11.5. The molecule has 3 heterocycles. The first-order valence-corrected chi connectivity index (χ1v) is 14.6. The highest BCUT2D eigenvalue weighted by Crippen LogP contribution is 2.32. The summed E-state index contributed by atoms with van der Waals surface area (Å²) in [5.41, 5.74) is 2.64. The van der Waals surface area contributed by atoms with Crippen LogP contribution in [0.5, 0.6) is 0 Å². The van der Waals surface area contributed by atoms with Crippen molar-refractivity contribution in [2.24, 2.45) is 0 Å². The van der Waals surface area contributed by atoms with Gasteiger partial charge in [0.2, 0.25) is 5.91 Å². The highest BCUT2D eigenvalue weighted by atomic mass is 35.5. The first-order chi connectivity index (χ1) is 19.4. The Balaban J connectivity index is 1.29. The molecular weight excluding hydrogens is 549 g/mol. The number of likely N-dealkylation sites (tertiary alicyclic amines) is 1. The number of amides is 2. The monoisotopic (exact) mass is 579 g/mol. The van der Waals surface area contributed by atoms with Gasteiger partial charge >= 0.3 is 0 Å². The Morgan fingerprint density at radius 3 is 2.62 bits per heavy atom. The van der Waals surface area contributed by atoms with Crippen molar-refractivity contribution in [2.75, 3.05) is 18.4 Å². The number of imidazole rings is 1. The van der Waals surface area contributed by atoms with Crippen molar-refractivity contribution < 1.29 is 9.59 Å². The van der Waals surface area contributed by atoms with E-state index in [9.17, 15) is 9.59 Å². The molecule has 1 aliphatic heterocycles. The number of nitrogens with one attached hydrogen (secondary N) is 3. The van der Waals surface area contributed by atoms with E-state index in [2.05, 4.69) is 25.6 Å². The number of carbonyl (C=O) groups is 2. The van der Waals surface area contributed by atoms with Gasteiger partial charge in [-0.05, 0) is 62.4 Å². The fraction of sp³-hybridized carbons (Fsp3) is 0.414. The third kappa shape index (κ3) is 5.71. The Morgan fingerprint density at radius 1 is 1.02 bits per heavy atom. The molecule has 1 unspecified atom stereocenters. The Labute approximate surface area is 242 Å². The fourth-order valence-corrected chi connectivity index (χ4v) is 6.12. The summed E-state index contributed by atoms with van der Waals surface area (Å²) in [6.45, 7) is 1.48. The Bertz CT molecular complexity index is 1560. The van der Waals surface area contributed by atoms with E-state index in [1.54, 1.807) is 18.2 Å². The molecule has 2 amide bonds. The van der Waals surface area contributed by atoms with Gasteiger partial charge in [0.25, 0.3) is 5.91 Å². The van der Waals surface area contributed by atoms with Crippen LogP contribution >= 0.6 is 23.2 Å². The van der Waals surface area contributed by atoms with Gasteiger partial charge in [-0.25, -0.2) is 15.0 Å². The smallest absolute Gasteiger partial charge is 0.255 e. The lowest BCUT2D eigenvalue weighted by Crippen LogP contribution is -2.33. The third-order valence-corrected chi connectivity index (χ3v) is 8.38. The van der Waals surface area contributed by atoms with Gasteiger partial charge < -0.3 is 20.5 Å². The topological polar surface area (TPSA) is 116 Å². The Kier molecular flexibility index (Phi) is 7.76. The lowest BCUT2D eigenvalue weighted by Gasteiger charge is -2.20. The van der Waals surface area contributed by atoms with Gasteiger partial charge in [-0.3, -0.25) is 9.59 Å². The van der Waals surface area contributed by atoms with E-state index in [0.717, 1.165) is 62.6 Å². The summed E-state index contributed by atoms with van der Waals surface area (Å²) in [6.07, 6.45) is 8.66. The maximum atomic E-state index is 13.1. The Hall–Kier alpha value is -3.43. The van der Waals surface area contributed by atoms with Crippen LogP contribution in [0, 0.1) is 0 Å². The predicted octanol–water partition coefficient (Wildman–Crippen LogP) is 6.04. The summed E-state index contributed by atoms with van der Waals surface area (Å²) in [7, 11) is 0. The number of aromatic amines is 1. The zero-order chi connectivity index (χ0) is 27.6. The molecule has 2 aromatic heterocycles. The van der Waals surface area contributed by atoms with Crippen LogP contribution < -0.4 is 10.6 Å². The highest BCUT2D eigenvalue weighted by molar-refractivity contribution is 6.35. The minimum Gasteiger partial charge on any atom is -0.359 e. The molecule has 9 nitrogen and oxygen atoms in total. The number of fused-ring (bicyclic) bond motifs is 2. The van der Waals surface area contributed by atoms with Gasteiger partial charge in [0.05, 0.1) is 33.2 Å². The zero-order valence-electron chi connectivity index (χ0n) is 22.1. The van der Waals surface area contributed by atoms with E-state index in [-0.39, 0.29) is 23.9 Å². The number of carbonyl (C=O) groups excluding carboxylic acids is 2. The van der Waals surface area contributed by atoms with Gasteiger partial charge in [-0.1, -0.05) is 36.0 Å². The first-order valence-electron chi connectivity index (χ1n) is 13.9. The molecule has 1 saturated carbocycles. The van der Waals surface area contributed by atoms with Gasteiger partial charge in [0.1, 0.15) is 18.0 Å². The van der Waals surface area contributed by atoms with Crippen LogP contribution in [0.3, 0.4) is 0 Å². The molecule has 0 radical (unpaired) electrons. The molecule has 11 heteroatoms. The van der Waals surface area contributed by atoms with Crippen molar-refractivity contribution in [3.8, 4) is 0 Å². The van der Waals surface area contributed by atoms with Crippen molar-refractivity contribution in [1.29, 1.82) is 0 Å². The van der Waals surface area contributed by atoms with Crippen LogP contribution in [-0.2, 0) is 4.79 Å². The second kappa shape index (κ2) is 11.6. The number of hydrogen-bond acceptors (Lipinski definition) is 6. The molecule has 4 aromatic rings. The van der Waals surface area contributed by atoms with E-state index in [1.807, 2.05) is 17.0 Å². The quantitative estimate of drug-likeness (QED) is 0.234. The van der Waals surface area contributed by atoms with Crippen LogP contribution in [-0.4, -0.2) is 55.8 Å². The molecule has 2 fully saturated rings. The van der Waals surface area contributed by atoms with Crippen molar-refractivity contribution in [2.45, 2.75) is 63.5 Å². The second-order valence-electron chi connectivity index (χ2n) is 10.6. The standard InChI is InChI=1S/C29H31Cl2N7O2/c30-17-7-8-22-25(13-17)37-28(35-22)23(9-10-26(39)34-18-5-1-2-6-18)36-27-20-14-21(31)19(15-24(20)32-16-33-27)29(40)38-11-3-4-12-38/h7-8,13-16,18,23H,1-6,9-12H2,(H,34,39)(H,35,37)(H,32,33,36). The van der Waals surface area contributed by atoms with Gasteiger partial charge in [0, 0.05) is 36.0 Å². The molecule has 6 rings (SSSR count). The number of halogens is 2. The maximum Gasteiger partial charge on any atom is 0.255 e. The molecule has 2 aliphatic rings. The van der Waals surface area contributed by atoms with E-state index < -0.39 is 0 Å². The largest absolute Gasteiger partial charge is 0.359 e. The van der Waals surface area contributed by atoms with Crippen molar-refractivity contribution in [1.82, 2.24) is 30.2 Å². The van der Waals surface area contributed by atoms with Crippen LogP contribution in [0.25, 0.3) is 21.9 Å². The summed E-state index contributed by atoms with van der Waals surface area (Å²) >= 11 is 12.8. The molecule has 0 spiro atoms. The average Bonchev–Trinajstić information content (AvgIpc) is 3.73. The van der Waals surface area contributed by atoms with E-state index in [4.69, 9.17) is 28.2 Å². The highest BCUT2D eigenvalue weighted by Gasteiger charge is 2.25. The van der Waals surface area contributed by atoms with Crippen LogP contribution in [0.1, 0.15) is 73.6 Å². The van der Waals surface area contributed by atoms with Gasteiger partial charge in [-0.15, -0.1) is 0 Å². The van der Waals surface area contributed by atoms with Crippen molar-refractivity contribution >= 4 is 62.8 Å². The van der Waals surface area contributed by atoms with Crippen LogP contribution in [0.15, 0.2) is 36.7 Å². The van der Waals surface area contributed by atoms with E-state index >= 15 is 0 Å². The number of benzene rings is 2. The summed E-state index contributed by atoms with van der Waals surface area (Å²) < 4.78 is 0. The molecule has 3 N–H and O–H groups in total. The SMILES string of the molecule is O=C(CCC(Nc1ncnc2cc(C(=O)N3CCCC3)c(Cl)cc12)c1nc2ccc(Cl)cc2[nH]1)NC1CCCC1. The molecule has 40 heavy (non-hydrogen) atoms. The van der Waals surface area contributed by atoms with Crippen LogP contribution in [0.2, 0.25) is 10.0 Å². The molecule has 2 aromatic carbocycles.